The molecule has 2 aromatic carbocycles. The van der Waals surface area contributed by atoms with E-state index in [0.29, 0.717) is 5.69 Å². The van der Waals surface area contributed by atoms with Crippen molar-refractivity contribution in [2.75, 3.05) is 16.4 Å². The van der Waals surface area contributed by atoms with Gasteiger partial charge in [-0.3, -0.25) is 4.79 Å². The molecule has 1 amide bonds. The van der Waals surface area contributed by atoms with Crippen LogP contribution < -0.4 is 22.1 Å². The van der Waals surface area contributed by atoms with E-state index in [0.717, 1.165) is 17.7 Å². The molecule has 0 saturated carbocycles. The summed E-state index contributed by atoms with van der Waals surface area (Å²) in [6.07, 6.45) is -3.37. The molecule has 1 heterocycles. The average molecular weight is 402 g/mol. The summed E-state index contributed by atoms with van der Waals surface area (Å²) in [5.41, 5.74) is 11.7. The summed E-state index contributed by atoms with van der Waals surface area (Å²) < 4.78 is 39.0. The quantitative estimate of drug-likeness (QED) is 0.480. The van der Waals surface area contributed by atoms with Crippen LogP contribution in [0.1, 0.15) is 21.5 Å². The molecule has 0 fully saturated rings. The Morgan fingerprint density at radius 2 is 1.83 bits per heavy atom. The van der Waals surface area contributed by atoms with Crippen molar-refractivity contribution in [3.05, 3.63) is 65.4 Å². The monoisotopic (exact) mass is 402 g/mol. The maximum absolute atomic E-state index is 13.0. The first-order valence-electron chi connectivity index (χ1n) is 8.37. The highest BCUT2D eigenvalue weighted by Crippen LogP contribution is 2.33. The maximum atomic E-state index is 13.0. The van der Waals surface area contributed by atoms with Gasteiger partial charge in [0.05, 0.1) is 5.56 Å². The highest BCUT2D eigenvalue weighted by molar-refractivity contribution is 5.98. The summed E-state index contributed by atoms with van der Waals surface area (Å²) >= 11 is 0. The molecule has 0 unspecified atom stereocenters. The van der Waals surface area contributed by atoms with Gasteiger partial charge in [-0.15, -0.1) is 0 Å². The van der Waals surface area contributed by atoms with Crippen LogP contribution in [0.2, 0.25) is 0 Å². The third kappa shape index (κ3) is 4.92. The van der Waals surface area contributed by atoms with Gasteiger partial charge in [-0.2, -0.15) is 18.2 Å². The standard InChI is InChI=1S/C19H17F3N6O/c1-10-3-2-4-13(5-10)26-17-15(16(24)29)9-25-18(28-17)27-14-7-11(19(20,21)22)6-12(23)8-14/h2-9H,23H2,1H3,(H2,24,29)(H2,25,26,27,28). The Kier molecular flexibility index (Phi) is 5.26. The summed E-state index contributed by atoms with van der Waals surface area (Å²) in [5, 5.41) is 5.64. The maximum Gasteiger partial charge on any atom is 0.416 e. The normalized spacial score (nSPS) is 11.2. The molecule has 0 atom stereocenters. The summed E-state index contributed by atoms with van der Waals surface area (Å²) in [6, 6.07) is 10.3. The van der Waals surface area contributed by atoms with Crippen molar-refractivity contribution in [3.8, 4) is 0 Å². The van der Waals surface area contributed by atoms with Crippen molar-refractivity contribution in [3.63, 3.8) is 0 Å². The first-order valence-corrected chi connectivity index (χ1v) is 8.37. The number of primary amides is 1. The van der Waals surface area contributed by atoms with Crippen molar-refractivity contribution in [1.29, 1.82) is 0 Å². The van der Waals surface area contributed by atoms with Gasteiger partial charge in [0.1, 0.15) is 11.4 Å². The van der Waals surface area contributed by atoms with Crippen molar-refractivity contribution in [2.45, 2.75) is 13.1 Å². The SMILES string of the molecule is Cc1cccc(Nc2nc(Nc3cc(N)cc(C(F)(F)F)c3)ncc2C(N)=O)c1. The highest BCUT2D eigenvalue weighted by Gasteiger charge is 2.31. The number of aromatic nitrogens is 2. The van der Waals surface area contributed by atoms with Crippen molar-refractivity contribution < 1.29 is 18.0 Å². The number of carbonyl (C=O) groups excluding carboxylic acids is 1. The zero-order chi connectivity index (χ0) is 21.2. The summed E-state index contributed by atoms with van der Waals surface area (Å²) in [7, 11) is 0. The lowest BCUT2D eigenvalue weighted by Crippen LogP contribution is -2.16. The minimum absolute atomic E-state index is 0.0283. The van der Waals surface area contributed by atoms with Crippen LogP contribution in [-0.4, -0.2) is 15.9 Å². The number of amides is 1. The van der Waals surface area contributed by atoms with E-state index >= 15 is 0 Å². The first-order chi connectivity index (χ1) is 13.6. The van der Waals surface area contributed by atoms with E-state index in [1.165, 1.54) is 12.3 Å². The Hall–Kier alpha value is -3.82. The van der Waals surface area contributed by atoms with Crippen molar-refractivity contribution >= 4 is 34.7 Å². The van der Waals surface area contributed by atoms with Gasteiger partial charge in [0.2, 0.25) is 5.95 Å². The number of nitrogen functional groups attached to an aromatic ring is 1. The molecule has 0 bridgehead atoms. The molecule has 0 saturated heterocycles. The summed E-state index contributed by atoms with van der Waals surface area (Å²) in [5.74, 6) is -0.681. The van der Waals surface area contributed by atoms with Gasteiger partial charge in [0, 0.05) is 23.3 Å². The number of carbonyl (C=O) groups is 1. The molecule has 0 spiro atoms. The fraction of sp³-hybridized carbons (Fsp3) is 0.105. The van der Waals surface area contributed by atoms with Crippen molar-refractivity contribution in [2.24, 2.45) is 5.73 Å². The molecule has 0 aliphatic carbocycles. The van der Waals surface area contributed by atoms with Crippen molar-refractivity contribution in [1.82, 2.24) is 9.97 Å². The van der Waals surface area contributed by atoms with E-state index in [9.17, 15) is 18.0 Å². The van der Waals surface area contributed by atoms with Gasteiger partial charge in [0.15, 0.2) is 0 Å². The highest BCUT2D eigenvalue weighted by atomic mass is 19.4. The Labute approximate surface area is 164 Å². The van der Waals surface area contributed by atoms with Crippen LogP contribution >= 0.6 is 0 Å². The van der Waals surface area contributed by atoms with Crippen LogP contribution in [0.25, 0.3) is 0 Å². The number of aryl methyl sites for hydroxylation is 1. The lowest BCUT2D eigenvalue weighted by molar-refractivity contribution is -0.137. The largest absolute Gasteiger partial charge is 0.416 e. The fourth-order valence-electron chi connectivity index (χ4n) is 2.59. The lowest BCUT2D eigenvalue weighted by Gasteiger charge is -2.13. The van der Waals surface area contributed by atoms with Crippen LogP contribution in [-0.2, 0) is 6.18 Å². The molecule has 7 nitrogen and oxygen atoms in total. The number of hydrogen-bond acceptors (Lipinski definition) is 6. The van der Waals surface area contributed by atoms with E-state index in [1.54, 1.807) is 6.07 Å². The number of anilines is 5. The molecule has 0 radical (unpaired) electrons. The predicted molar refractivity (Wildman–Crippen MR) is 104 cm³/mol. The number of alkyl halides is 3. The van der Waals surface area contributed by atoms with Gasteiger partial charge in [-0.25, -0.2) is 4.98 Å². The second-order valence-electron chi connectivity index (χ2n) is 6.28. The Morgan fingerprint density at radius 3 is 2.48 bits per heavy atom. The Morgan fingerprint density at radius 1 is 1.07 bits per heavy atom. The molecule has 10 heteroatoms. The Bertz CT molecular complexity index is 1070. The number of halogens is 3. The minimum atomic E-state index is -4.56. The molecule has 0 aliphatic rings. The van der Waals surface area contributed by atoms with E-state index in [1.807, 2.05) is 25.1 Å². The molecule has 3 rings (SSSR count). The average Bonchev–Trinajstić information content (AvgIpc) is 2.60. The molecular formula is C19H17F3N6O. The smallest absolute Gasteiger partial charge is 0.399 e. The van der Waals surface area contributed by atoms with Gasteiger partial charge in [-0.05, 0) is 42.8 Å². The number of hydrogen-bond donors (Lipinski definition) is 4. The predicted octanol–water partition coefficient (Wildman–Crippen LogP) is 3.97. The molecule has 1 aromatic heterocycles. The summed E-state index contributed by atoms with van der Waals surface area (Å²) in [4.78, 5) is 19.8. The topological polar surface area (TPSA) is 119 Å². The zero-order valence-electron chi connectivity index (χ0n) is 15.2. The van der Waals surface area contributed by atoms with Crippen LogP contribution in [0.5, 0.6) is 0 Å². The molecule has 29 heavy (non-hydrogen) atoms. The van der Waals surface area contributed by atoms with E-state index in [-0.39, 0.29) is 28.7 Å². The van der Waals surface area contributed by atoms with Gasteiger partial charge in [-0.1, -0.05) is 12.1 Å². The molecule has 150 valence electrons. The van der Waals surface area contributed by atoms with E-state index < -0.39 is 17.6 Å². The third-order valence-corrected chi connectivity index (χ3v) is 3.87. The third-order valence-electron chi connectivity index (χ3n) is 3.87. The second-order valence-corrected chi connectivity index (χ2v) is 6.28. The second kappa shape index (κ2) is 7.66. The number of nitrogens with two attached hydrogens (primary N) is 2. The number of nitrogens with zero attached hydrogens (tertiary/aromatic N) is 2. The fourth-order valence-corrected chi connectivity index (χ4v) is 2.59. The Balaban J connectivity index is 1.95. The van der Waals surface area contributed by atoms with Crippen LogP contribution in [0, 0.1) is 6.92 Å². The number of rotatable bonds is 5. The van der Waals surface area contributed by atoms with Crippen LogP contribution in [0.15, 0.2) is 48.7 Å². The van der Waals surface area contributed by atoms with Gasteiger partial charge >= 0.3 is 6.18 Å². The van der Waals surface area contributed by atoms with Gasteiger partial charge < -0.3 is 22.1 Å². The van der Waals surface area contributed by atoms with Crippen LogP contribution in [0.3, 0.4) is 0 Å². The molecular weight excluding hydrogens is 385 g/mol. The lowest BCUT2D eigenvalue weighted by atomic mass is 10.1. The number of benzene rings is 2. The molecule has 6 N–H and O–H groups in total. The van der Waals surface area contributed by atoms with E-state index in [2.05, 4.69) is 20.6 Å². The zero-order valence-corrected chi connectivity index (χ0v) is 15.2. The minimum Gasteiger partial charge on any atom is -0.399 e. The molecule has 3 aromatic rings. The van der Waals surface area contributed by atoms with Gasteiger partial charge in [0.25, 0.3) is 5.91 Å². The first kappa shape index (κ1) is 19.9. The molecule has 0 aliphatic heterocycles. The van der Waals surface area contributed by atoms with E-state index in [4.69, 9.17) is 11.5 Å². The van der Waals surface area contributed by atoms with Crippen LogP contribution in [0.4, 0.5) is 42.0 Å². The summed E-state index contributed by atoms with van der Waals surface area (Å²) in [6.45, 7) is 1.89. The number of nitrogens with one attached hydrogen (secondary N) is 2.